The van der Waals surface area contributed by atoms with Crippen molar-refractivity contribution in [1.29, 1.82) is 0 Å². The third-order valence-electron chi connectivity index (χ3n) is 1.98. The zero-order valence-corrected chi connectivity index (χ0v) is 9.69. The lowest BCUT2D eigenvalue weighted by atomic mass is 10.2. The summed E-state index contributed by atoms with van der Waals surface area (Å²) in [4.78, 5) is 0.555. The molecule has 0 aliphatic carbocycles. The Morgan fingerprint density at radius 2 is 1.81 bits per heavy atom. The second-order valence-corrected chi connectivity index (χ2v) is 4.78. The lowest BCUT2D eigenvalue weighted by Gasteiger charge is -2.23. The number of rotatable bonds is 3. The Labute approximate surface area is 98.0 Å². The molecule has 1 aromatic rings. The van der Waals surface area contributed by atoms with Crippen LogP contribution >= 0.6 is 22.9 Å². The third-order valence-corrected chi connectivity index (χ3v) is 3.91. The van der Waals surface area contributed by atoms with Crippen LogP contribution in [-0.4, -0.2) is 12.1 Å². The van der Waals surface area contributed by atoms with Gasteiger partial charge >= 0.3 is 12.1 Å². The number of halogens is 6. The Kier molecular flexibility index (Phi) is 3.84. The Morgan fingerprint density at radius 1 is 1.25 bits per heavy atom. The smallest absolute Gasteiger partial charge is 0.194 e. The van der Waals surface area contributed by atoms with Crippen LogP contribution in [-0.2, 0) is 6.42 Å². The Bertz CT molecular complexity index is 357. The summed E-state index contributed by atoms with van der Waals surface area (Å²) in [6.45, 7) is 1.78. The molecule has 0 aliphatic rings. The molecule has 0 aromatic carbocycles. The number of hydrogen-bond acceptors (Lipinski definition) is 1. The summed E-state index contributed by atoms with van der Waals surface area (Å²) in [5, 5.41) is -2.36. The average Bonchev–Trinajstić information content (AvgIpc) is 2.62. The second-order valence-electron chi connectivity index (χ2n) is 3.14. The van der Waals surface area contributed by atoms with E-state index in [2.05, 4.69) is 0 Å². The van der Waals surface area contributed by atoms with Gasteiger partial charge in [0.15, 0.2) is 0 Å². The minimum absolute atomic E-state index is 0.166. The number of hydrogen-bond donors (Lipinski definition) is 0. The maximum Gasteiger partial charge on any atom is 0.455 e. The number of alkyl halides is 6. The largest absolute Gasteiger partial charge is 0.455 e. The molecule has 0 nitrogen and oxygen atoms in total. The number of thiophene rings is 1. The molecule has 1 unspecified atom stereocenters. The van der Waals surface area contributed by atoms with E-state index in [1.807, 2.05) is 0 Å². The Balaban J connectivity index is 2.97. The highest BCUT2D eigenvalue weighted by molar-refractivity contribution is 7.12. The molecular formula is C9H8ClF5S. The van der Waals surface area contributed by atoms with Crippen molar-refractivity contribution in [3.8, 4) is 0 Å². The van der Waals surface area contributed by atoms with Crippen LogP contribution in [0.25, 0.3) is 0 Å². The fourth-order valence-electron chi connectivity index (χ4n) is 1.04. The molecule has 92 valence electrons. The SMILES string of the molecule is CCc1ccc(C(Cl)C(F)(F)C(F)(F)F)s1. The van der Waals surface area contributed by atoms with Crippen molar-refractivity contribution in [1.82, 2.24) is 0 Å². The van der Waals surface area contributed by atoms with Gasteiger partial charge < -0.3 is 0 Å². The van der Waals surface area contributed by atoms with E-state index in [1.165, 1.54) is 12.1 Å². The first-order valence-electron chi connectivity index (χ1n) is 4.37. The lowest BCUT2D eigenvalue weighted by Crippen LogP contribution is -2.39. The van der Waals surface area contributed by atoms with Crippen LogP contribution < -0.4 is 0 Å². The van der Waals surface area contributed by atoms with Crippen LogP contribution in [0.4, 0.5) is 22.0 Å². The molecule has 1 rings (SSSR count). The lowest BCUT2D eigenvalue weighted by molar-refractivity contribution is -0.283. The summed E-state index contributed by atoms with van der Waals surface area (Å²) in [5.74, 6) is -4.91. The zero-order valence-electron chi connectivity index (χ0n) is 8.12. The summed E-state index contributed by atoms with van der Waals surface area (Å²) < 4.78 is 61.8. The van der Waals surface area contributed by atoms with Gasteiger partial charge in [0.1, 0.15) is 5.38 Å². The van der Waals surface area contributed by atoms with Crippen molar-refractivity contribution in [3.05, 3.63) is 21.9 Å². The topological polar surface area (TPSA) is 0 Å². The van der Waals surface area contributed by atoms with Gasteiger partial charge in [-0.3, -0.25) is 0 Å². The number of aryl methyl sites for hydroxylation is 1. The molecule has 0 aliphatic heterocycles. The van der Waals surface area contributed by atoms with Crippen molar-refractivity contribution >= 4 is 22.9 Å². The first kappa shape index (κ1) is 13.7. The molecule has 0 bridgehead atoms. The fourth-order valence-corrected chi connectivity index (χ4v) is 2.34. The Hall–Kier alpha value is -0.360. The highest BCUT2D eigenvalue weighted by Crippen LogP contribution is 2.49. The highest BCUT2D eigenvalue weighted by Gasteiger charge is 2.62. The van der Waals surface area contributed by atoms with Gasteiger partial charge in [0.2, 0.25) is 0 Å². The zero-order chi connectivity index (χ0) is 12.6. The minimum Gasteiger partial charge on any atom is -0.194 e. The van der Waals surface area contributed by atoms with E-state index in [0.717, 1.165) is 16.2 Å². The summed E-state index contributed by atoms with van der Waals surface area (Å²) in [7, 11) is 0. The molecule has 1 atom stereocenters. The molecule has 7 heteroatoms. The molecule has 16 heavy (non-hydrogen) atoms. The van der Waals surface area contributed by atoms with Crippen molar-refractivity contribution in [3.63, 3.8) is 0 Å². The van der Waals surface area contributed by atoms with Gasteiger partial charge in [0, 0.05) is 9.75 Å². The maximum atomic E-state index is 12.9. The van der Waals surface area contributed by atoms with E-state index in [9.17, 15) is 22.0 Å². The normalized spacial score (nSPS) is 15.2. The van der Waals surface area contributed by atoms with Crippen LogP contribution in [0, 0.1) is 0 Å². The van der Waals surface area contributed by atoms with Gasteiger partial charge in [-0.1, -0.05) is 6.92 Å². The molecule has 1 heterocycles. The summed E-state index contributed by atoms with van der Waals surface area (Å²) >= 11 is 6.07. The molecule has 0 saturated carbocycles. The van der Waals surface area contributed by atoms with E-state index in [1.54, 1.807) is 6.92 Å². The van der Waals surface area contributed by atoms with Crippen LogP contribution in [0.15, 0.2) is 12.1 Å². The van der Waals surface area contributed by atoms with Gasteiger partial charge in [-0.25, -0.2) is 0 Å². The van der Waals surface area contributed by atoms with E-state index in [0.29, 0.717) is 6.42 Å². The molecular weight excluding hydrogens is 271 g/mol. The van der Waals surface area contributed by atoms with Crippen LogP contribution in [0.2, 0.25) is 0 Å². The van der Waals surface area contributed by atoms with E-state index >= 15 is 0 Å². The molecule has 0 spiro atoms. The van der Waals surface area contributed by atoms with Gasteiger partial charge in [0.05, 0.1) is 0 Å². The quantitative estimate of drug-likeness (QED) is 0.551. The van der Waals surface area contributed by atoms with E-state index in [4.69, 9.17) is 11.6 Å². The summed E-state index contributed by atoms with van der Waals surface area (Å²) in [5.41, 5.74) is 0. The first-order chi connectivity index (χ1) is 7.20. The molecule has 0 amide bonds. The third kappa shape index (κ3) is 2.48. The van der Waals surface area contributed by atoms with Crippen LogP contribution in [0.5, 0.6) is 0 Å². The minimum atomic E-state index is -5.63. The van der Waals surface area contributed by atoms with Crippen molar-refractivity contribution < 1.29 is 22.0 Å². The standard InChI is InChI=1S/C9H8ClF5S/c1-2-5-3-4-6(16-5)7(10)8(11,12)9(13,14)15/h3-4,7H,2H2,1H3. The second kappa shape index (κ2) is 4.49. The molecule has 0 fully saturated rings. The van der Waals surface area contributed by atoms with Gasteiger partial charge in [-0.15, -0.1) is 22.9 Å². The summed E-state index contributed by atoms with van der Waals surface area (Å²) in [6, 6.07) is 2.71. The van der Waals surface area contributed by atoms with E-state index in [-0.39, 0.29) is 4.88 Å². The Morgan fingerprint density at radius 3 is 2.19 bits per heavy atom. The molecule has 1 aromatic heterocycles. The molecule has 0 saturated heterocycles. The highest BCUT2D eigenvalue weighted by atomic mass is 35.5. The maximum absolute atomic E-state index is 12.9. The first-order valence-corrected chi connectivity index (χ1v) is 5.62. The van der Waals surface area contributed by atoms with E-state index < -0.39 is 17.5 Å². The van der Waals surface area contributed by atoms with Gasteiger partial charge in [0.25, 0.3) is 0 Å². The summed E-state index contributed by atoms with van der Waals surface area (Å²) in [6.07, 6.45) is -5.05. The van der Waals surface area contributed by atoms with Crippen molar-refractivity contribution in [2.75, 3.05) is 0 Å². The van der Waals surface area contributed by atoms with Crippen molar-refractivity contribution in [2.24, 2.45) is 0 Å². The van der Waals surface area contributed by atoms with Gasteiger partial charge in [-0.05, 0) is 18.6 Å². The fraction of sp³-hybridized carbons (Fsp3) is 0.556. The predicted molar refractivity (Wildman–Crippen MR) is 53.3 cm³/mol. The monoisotopic (exact) mass is 278 g/mol. The van der Waals surface area contributed by atoms with Gasteiger partial charge in [-0.2, -0.15) is 22.0 Å². The van der Waals surface area contributed by atoms with Crippen molar-refractivity contribution in [2.45, 2.75) is 30.8 Å². The molecule has 0 N–H and O–H groups in total. The average molecular weight is 279 g/mol. The molecule has 0 radical (unpaired) electrons. The van der Waals surface area contributed by atoms with Crippen LogP contribution in [0.1, 0.15) is 22.1 Å². The predicted octanol–water partition coefficient (Wildman–Crippen LogP) is 4.79. The van der Waals surface area contributed by atoms with Crippen LogP contribution in [0.3, 0.4) is 0 Å².